The zero-order chi connectivity index (χ0) is 12.7. The van der Waals surface area contributed by atoms with E-state index in [4.69, 9.17) is 9.47 Å². The average Bonchev–Trinajstić information content (AvgIpc) is 2.37. The van der Waals surface area contributed by atoms with E-state index in [1.807, 2.05) is 24.3 Å². The maximum absolute atomic E-state index is 11.1. The highest BCUT2D eigenvalue weighted by Gasteiger charge is 2.10. The Labute approximate surface area is 101 Å². The number of esters is 1. The topological polar surface area (TPSA) is 44.8 Å². The molecular formula is C13H18O4. The molecule has 1 rings (SSSR count). The molecule has 0 fully saturated rings. The molecule has 0 aromatic heterocycles. The van der Waals surface area contributed by atoms with E-state index >= 15 is 0 Å². The molecule has 0 aliphatic carbocycles. The minimum absolute atomic E-state index is 0.0767. The zero-order valence-corrected chi connectivity index (χ0v) is 10.4. The van der Waals surface area contributed by atoms with E-state index in [2.05, 4.69) is 4.74 Å². The summed E-state index contributed by atoms with van der Waals surface area (Å²) >= 11 is 0. The van der Waals surface area contributed by atoms with E-state index in [0.717, 1.165) is 11.1 Å². The Morgan fingerprint density at radius 1 is 1.18 bits per heavy atom. The van der Waals surface area contributed by atoms with Crippen molar-refractivity contribution >= 4 is 5.97 Å². The predicted molar refractivity (Wildman–Crippen MR) is 63.8 cm³/mol. The third-order valence-corrected chi connectivity index (χ3v) is 2.53. The first-order valence-electron chi connectivity index (χ1n) is 5.38. The standard InChI is InChI=1S/C13H18O4/c1-15-9-12(16-2)11-6-4-10(5-7-11)8-13(14)17-3/h4-7,12H,8-9H2,1-3H3/t12-/m0/s1. The van der Waals surface area contributed by atoms with Gasteiger partial charge in [0, 0.05) is 14.2 Å². The third kappa shape index (κ3) is 4.17. The zero-order valence-electron chi connectivity index (χ0n) is 10.4. The summed E-state index contributed by atoms with van der Waals surface area (Å²) in [7, 11) is 4.67. The van der Waals surface area contributed by atoms with Gasteiger partial charge in [-0.3, -0.25) is 4.79 Å². The number of rotatable bonds is 6. The lowest BCUT2D eigenvalue weighted by molar-refractivity contribution is -0.139. The van der Waals surface area contributed by atoms with Crippen molar-refractivity contribution in [3.63, 3.8) is 0 Å². The Morgan fingerprint density at radius 2 is 1.82 bits per heavy atom. The van der Waals surface area contributed by atoms with Gasteiger partial charge in [-0.25, -0.2) is 0 Å². The summed E-state index contributed by atoms with van der Waals surface area (Å²) in [4.78, 5) is 11.1. The van der Waals surface area contributed by atoms with Crippen molar-refractivity contribution in [3.05, 3.63) is 35.4 Å². The summed E-state index contributed by atoms with van der Waals surface area (Å²) in [5.74, 6) is -0.238. The molecule has 0 saturated carbocycles. The molecule has 0 saturated heterocycles. The molecule has 0 aliphatic rings. The highest BCUT2D eigenvalue weighted by atomic mass is 16.5. The Kier molecular flexibility index (Phi) is 5.66. The fourth-order valence-corrected chi connectivity index (χ4v) is 1.54. The van der Waals surface area contributed by atoms with Gasteiger partial charge in [-0.2, -0.15) is 0 Å². The van der Waals surface area contributed by atoms with Gasteiger partial charge >= 0.3 is 5.97 Å². The van der Waals surface area contributed by atoms with Gasteiger partial charge in [0.15, 0.2) is 0 Å². The Bertz CT molecular complexity index is 345. The number of hydrogen-bond donors (Lipinski definition) is 0. The molecule has 0 bridgehead atoms. The van der Waals surface area contributed by atoms with Crippen LogP contribution < -0.4 is 0 Å². The quantitative estimate of drug-likeness (QED) is 0.708. The molecule has 0 heterocycles. The molecule has 94 valence electrons. The fourth-order valence-electron chi connectivity index (χ4n) is 1.54. The molecular weight excluding hydrogens is 220 g/mol. The molecule has 0 N–H and O–H groups in total. The maximum atomic E-state index is 11.1. The highest BCUT2D eigenvalue weighted by molar-refractivity contribution is 5.72. The van der Waals surface area contributed by atoms with E-state index < -0.39 is 0 Å². The second-order valence-electron chi connectivity index (χ2n) is 3.67. The summed E-state index contributed by atoms with van der Waals surface area (Å²) in [5.41, 5.74) is 1.95. The Balaban J connectivity index is 2.69. The van der Waals surface area contributed by atoms with Crippen LogP contribution in [0.2, 0.25) is 0 Å². The molecule has 17 heavy (non-hydrogen) atoms. The van der Waals surface area contributed by atoms with Gasteiger partial charge in [0.25, 0.3) is 0 Å². The van der Waals surface area contributed by atoms with E-state index in [9.17, 15) is 4.79 Å². The van der Waals surface area contributed by atoms with Gasteiger partial charge in [0.05, 0.1) is 20.1 Å². The number of ether oxygens (including phenoxy) is 3. The second-order valence-corrected chi connectivity index (χ2v) is 3.67. The minimum Gasteiger partial charge on any atom is -0.469 e. The van der Waals surface area contributed by atoms with E-state index in [1.54, 1.807) is 14.2 Å². The van der Waals surface area contributed by atoms with Crippen molar-refractivity contribution in [1.29, 1.82) is 0 Å². The molecule has 0 spiro atoms. The summed E-state index contributed by atoms with van der Waals surface area (Å²) in [6.45, 7) is 0.507. The largest absolute Gasteiger partial charge is 0.469 e. The predicted octanol–water partition coefficient (Wildman–Crippen LogP) is 1.74. The Hall–Kier alpha value is -1.39. The van der Waals surface area contributed by atoms with Gasteiger partial charge in [-0.15, -0.1) is 0 Å². The van der Waals surface area contributed by atoms with E-state index in [-0.39, 0.29) is 12.1 Å². The van der Waals surface area contributed by atoms with Crippen LogP contribution in [0.4, 0.5) is 0 Å². The van der Waals surface area contributed by atoms with Gasteiger partial charge in [-0.05, 0) is 11.1 Å². The monoisotopic (exact) mass is 238 g/mol. The number of hydrogen-bond acceptors (Lipinski definition) is 4. The van der Waals surface area contributed by atoms with Gasteiger partial charge in [0.1, 0.15) is 6.10 Å². The van der Waals surface area contributed by atoms with Gasteiger partial charge < -0.3 is 14.2 Å². The van der Waals surface area contributed by atoms with Crippen LogP contribution in [-0.4, -0.2) is 33.9 Å². The van der Waals surface area contributed by atoms with Crippen LogP contribution in [0, 0.1) is 0 Å². The average molecular weight is 238 g/mol. The van der Waals surface area contributed by atoms with Crippen LogP contribution in [0.5, 0.6) is 0 Å². The van der Waals surface area contributed by atoms with Crippen molar-refractivity contribution in [1.82, 2.24) is 0 Å². The molecule has 0 aliphatic heterocycles. The highest BCUT2D eigenvalue weighted by Crippen LogP contribution is 2.17. The minimum atomic E-state index is -0.238. The number of carbonyl (C=O) groups excluding carboxylic acids is 1. The van der Waals surface area contributed by atoms with Crippen molar-refractivity contribution in [2.75, 3.05) is 27.9 Å². The maximum Gasteiger partial charge on any atom is 0.309 e. The first-order valence-corrected chi connectivity index (χ1v) is 5.38. The number of carbonyl (C=O) groups is 1. The smallest absolute Gasteiger partial charge is 0.309 e. The lowest BCUT2D eigenvalue weighted by atomic mass is 10.1. The molecule has 4 heteroatoms. The Morgan fingerprint density at radius 3 is 2.29 bits per heavy atom. The van der Waals surface area contributed by atoms with Crippen molar-refractivity contribution in [2.24, 2.45) is 0 Å². The van der Waals surface area contributed by atoms with Crippen molar-refractivity contribution in [3.8, 4) is 0 Å². The summed E-state index contributed by atoms with van der Waals surface area (Å²) in [6, 6.07) is 7.67. The van der Waals surface area contributed by atoms with Gasteiger partial charge in [-0.1, -0.05) is 24.3 Å². The molecule has 1 aromatic rings. The normalized spacial score (nSPS) is 12.2. The van der Waals surface area contributed by atoms with E-state index in [1.165, 1.54) is 7.11 Å². The van der Waals surface area contributed by atoms with Gasteiger partial charge in [0.2, 0.25) is 0 Å². The van der Waals surface area contributed by atoms with Crippen LogP contribution in [0.1, 0.15) is 17.2 Å². The van der Waals surface area contributed by atoms with Crippen LogP contribution >= 0.6 is 0 Å². The van der Waals surface area contributed by atoms with Crippen LogP contribution in [0.25, 0.3) is 0 Å². The van der Waals surface area contributed by atoms with E-state index in [0.29, 0.717) is 13.0 Å². The van der Waals surface area contributed by atoms with Crippen LogP contribution in [-0.2, 0) is 25.4 Å². The van der Waals surface area contributed by atoms with Crippen molar-refractivity contribution < 1.29 is 19.0 Å². The lowest BCUT2D eigenvalue weighted by Gasteiger charge is -2.14. The molecule has 1 aromatic carbocycles. The SMILES string of the molecule is COC[C@H](OC)c1ccc(CC(=O)OC)cc1. The summed E-state index contributed by atoms with van der Waals surface area (Å²) in [5, 5.41) is 0. The lowest BCUT2D eigenvalue weighted by Crippen LogP contribution is -2.09. The molecule has 0 unspecified atom stereocenters. The van der Waals surface area contributed by atoms with Crippen LogP contribution in [0.3, 0.4) is 0 Å². The molecule has 0 radical (unpaired) electrons. The van der Waals surface area contributed by atoms with Crippen LogP contribution in [0.15, 0.2) is 24.3 Å². The first-order chi connectivity index (χ1) is 8.21. The molecule has 4 nitrogen and oxygen atoms in total. The number of methoxy groups -OCH3 is 3. The van der Waals surface area contributed by atoms with Crippen molar-refractivity contribution in [2.45, 2.75) is 12.5 Å². The molecule has 1 atom stereocenters. The summed E-state index contributed by atoms with van der Waals surface area (Å²) in [6.07, 6.45) is 0.214. The first kappa shape index (κ1) is 13.7. The number of benzene rings is 1. The summed E-state index contributed by atoms with van der Waals surface area (Å²) < 4.78 is 15.0. The molecule has 0 amide bonds. The third-order valence-electron chi connectivity index (χ3n) is 2.53. The second kappa shape index (κ2) is 7.04. The fraction of sp³-hybridized carbons (Fsp3) is 0.462.